The van der Waals surface area contributed by atoms with Crippen LogP contribution in [-0.2, 0) is 15.6 Å². The molecule has 234 valence electrons. The largest absolute Gasteiger partial charge is 0.506 e. The summed E-state index contributed by atoms with van der Waals surface area (Å²) in [5.41, 5.74) is 3.91. The zero-order chi connectivity index (χ0) is 32.5. The fourth-order valence-corrected chi connectivity index (χ4v) is 4.64. The number of carbonyl (C=O) groups is 2. The van der Waals surface area contributed by atoms with Crippen molar-refractivity contribution >= 4 is 29.0 Å². The third-order valence-corrected chi connectivity index (χ3v) is 8.46. The number of nitrogens with one attached hydrogen (secondary N) is 2. The Morgan fingerprint density at radius 3 is 2.18 bits per heavy atom. The van der Waals surface area contributed by atoms with Crippen molar-refractivity contribution in [2.45, 2.75) is 85.0 Å². The minimum atomic E-state index is -0.552. The fraction of sp³-hybridized carbons (Fsp3) is 0.417. The number of amides is 3. The van der Waals surface area contributed by atoms with Crippen LogP contribution in [0, 0.1) is 11.3 Å². The van der Waals surface area contributed by atoms with Crippen LogP contribution >= 0.6 is 0 Å². The lowest BCUT2D eigenvalue weighted by molar-refractivity contribution is -0.120. The van der Waals surface area contributed by atoms with E-state index in [4.69, 9.17) is 10.00 Å². The summed E-state index contributed by atoms with van der Waals surface area (Å²) in [6, 6.07) is 18.9. The lowest BCUT2D eigenvalue weighted by Gasteiger charge is -2.31. The normalized spacial score (nSPS) is 11.4. The highest BCUT2D eigenvalue weighted by atomic mass is 16.5. The maximum Gasteiger partial charge on any atom is 0.323 e. The quantitative estimate of drug-likeness (QED) is 0.171. The Hall–Kier alpha value is -4.51. The molecule has 0 heterocycles. The third-order valence-electron chi connectivity index (χ3n) is 8.46. The Labute approximate surface area is 262 Å². The number of benzene rings is 3. The average molecular weight is 599 g/mol. The van der Waals surface area contributed by atoms with E-state index in [1.165, 1.54) is 11.6 Å². The fourth-order valence-electron chi connectivity index (χ4n) is 4.64. The van der Waals surface area contributed by atoms with Gasteiger partial charge in [-0.2, -0.15) is 5.26 Å². The molecule has 0 unspecified atom stereocenters. The van der Waals surface area contributed by atoms with Crippen LogP contribution in [0.1, 0.15) is 90.8 Å². The van der Waals surface area contributed by atoms with Crippen LogP contribution in [0.4, 0.5) is 21.9 Å². The molecule has 0 aliphatic rings. The summed E-state index contributed by atoms with van der Waals surface area (Å²) in [6.07, 6.45) is 3.58. The van der Waals surface area contributed by atoms with E-state index in [1.807, 2.05) is 12.1 Å². The molecule has 0 aliphatic carbocycles. The van der Waals surface area contributed by atoms with Gasteiger partial charge in [0.15, 0.2) is 6.61 Å². The lowest BCUT2D eigenvalue weighted by Crippen LogP contribution is -2.36. The molecule has 3 amide bonds. The number of unbranched alkanes of at least 4 members (excludes halogenated alkanes) is 1. The van der Waals surface area contributed by atoms with Gasteiger partial charge in [0.05, 0.1) is 17.3 Å². The summed E-state index contributed by atoms with van der Waals surface area (Å²) in [5, 5.41) is 25.0. The Morgan fingerprint density at radius 1 is 0.909 bits per heavy atom. The summed E-state index contributed by atoms with van der Waals surface area (Å²) in [6.45, 7) is 15.5. The average Bonchev–Trinajstić information content (AvgIpc) is 3.01. The van der Waals surface area contributed by atoms with Crippen LogP contribution in [0.2, 0.25) is 0 Å². The van der Waals surface area contributed by atoms with Gasteiger partial charge in [-0.15, -0.1) is 0 Å². The second-order valence-corrected chi connectivity index (χ2v) is 12.3. The maximum atomic E-state index is 13.6. The van der Waals surface area contributed by atoms with Crippen LogP contribution in [0.25, 0.3) is 0 Å². The Bertz CT molecular complexity index is 1490. The van der Waals surface area contributed by atoms with Gasteiger partial charge in [0, 0.05) is 29.5 Å². The Balaban J connectivity index is 1.78. The number of phenols is 1. The molecular formula is C36H46N4O4. The molecule has 0 saturated carbocycles. The molecule has 3 aromatic carbocycles. The topological polar surface area (TPSA) is 115 Å². The first-order chi connectivity index (χ1) is 20.8. The first-order valence-corrected chi connectivity index (χ1v) is 15.3. The molecule has 0 aliphatic heterocycles. The highest BCUT2D eigenvalue weighted by Crippen LogP contribution is 2.38. The predicted octanol–water partition coefficient (Wildman–Crippen LogP) is 8.50. The molecule has 0 spiro atoms. The maximum absolute atomic E-state index is 13.6. The molecule has 3 rings (SSSR count). The number of ether oxygens (including phenoxy) is 1. The van der Waals surface area contributed by atoms with E-state index in [0.29, 0.717) is 29.2 Å². The van der Waals surface area contributed by atoms with Crippen molar-refractivity contribution in [1.29, 1.82) is 5.26 Å². The zero-order valence-corrected chi connectivity index (χ0v) is 27.1. The SMILES string of the molecule is CCCCN(C(=O)COc1ccc(C(C)(C)CC)cc1C(C)(C)CC)c1ccc(NC(=O)Nc2ccc(C#N)cc2)c(O)c1. The Kier molecular flexibility index (Phi) is 11.4. The summed E-state index contributed by atoms with van der Waals surface area (Å²) in [5.74, 6) is 0.302. The van der Waals surface area contributed by atoms with Crippen LogP contribution in [-0.4, -0.2) is 30.2 Å². The third kappa shape index (κ3) is 8.53. The molecule has 0 aromatic heterocycles. The number of nitrogens with zero attached hydrogens (tertiary/aromatic N) is 2. The number of hydrogen-bond donors (Lipinski definition) is 3. The molecule has 3 aromatic rings. The molecule has 0 fully saturated rings. The van der Waals surface area contributed by atoms with Gasteiger partial charge in [0.2, 0.25) is 0 Å². The van der Waals surface area contributed by atoms with Crippen molar-refractivity contribution in [3.63, 3.8) is 0 Å². The van der Waals surface area contributed by atoms with Crippen molar-refractivity contribution in [2.75, 3.05) is 28.7 Å². The van der Waals surface area contributed by atoms with Crippen molar-refractivity contribution in [3.8, 4) is 17.6 Å². The first kappa shape index (κ1) is 34.0. The first-order valence-electron chi connectivity index (χ1n) is 15.3. The standard InChI is InChI=1S/C36H46N4O4/c1-8-11-20-40(28-17-18-30(31(41)22-28)39-34(43)38-27-15-12-25(23-37)13-16-27)33(42)24-44-32-19-14-26(35(4,5)9-2)21-29(32)36(6,7)10-3/h12-19,21-22,41H,8-11,20,24H2,1-7H3,(H2,38,39,43). The second-order valence-electron chi connectivity index (χ2n) is 12.3. The van der Waals surface area contributed by atoms with Gasteiger partial charge in [0.1, 0.15) is 11.5 Å². The zero-order valence-electron chi connectivity index (χ0n) is 27.1. The van der Waals surface area contributed by atoms with E-state index in [0.717, 1.165) is 31.2 Å². The summed E-state index contributed by atoms with van der Waals surface area (Å²) >= 11 is 0. The smallest absolute Gasteiger partial charge is 0.323 e. The lowest BCUT2D eigenvalue weighted by atomic mass is 9.76. The Morgan fingerprint density at radius 2 is 1.59 bits per heavy atom. The number of anilines is 3. The molecule has 0 bridgehead atoms. The summed E-state index contributed by atoms with van der Waals surface area (Å²) < 4.78 is 6.21. The summed E-state index contributed by atoms with van der Waals surface area (Å²) in [7, 11) is 0. The van der Waals surface area contributed by atoms with E-state index in [1.54, 1.807) is 41.3 Å². The van der Waals surface area contributed by atoms with Crippen LogP contribution < -0.4 is 20.3 Å². The van der Waals surface area contributed by atoms with E-state index >= 15 is 0 Å². The minimum absolute atomic E-state index is 0.0250. The van der Waals surface area contributed by atoms with Gasteiger partial charge < -0.3 is 25.4 Å². The molecule has 3 N–H and O–H groups in total. The number of phenolic OH excluding ortho intramolecular Hbond substituents is 1. The summed E-state index contributed by atoms with van der Waals surface area (Å²) in [4.78, 5) is 27.7. The number of carbonyl (C=O) groups excluding carboxylic acids is 2. The van der Waals surface area contributed by atoms with E-state index in [-0.39, 0.29) is 34.8 Å². The van der Waals surface area contributed by atoms with Gasteiger partial charge >= 0.3 is 6.03 Å². The number of aromatic hydroxyl groups is 1. The molecule has 44 heavy (non-hydrogen) atoms. The van der Waals surface area contributed by atoms with Gasteiger partial charge in [-0.1, -0.05) is 67.0 Å². The molecule has 0 saturated heterocycles. The van der Waals surface area contributed by atoms with Crippen molar-refractivity contribution in [3.05, 3.63) is 77.4 Å². The number of nitriles is 1. The van der Waals surface area contributed by atoms with Crippen LogP contribution in [0.3, 0.4) is 0 Å². The van der Waals surface area contributed by atoms with Gasteiger partial charge in [-0.05, 0) is 78.1 Å². The van der Waals surface area contributed by atoms with Crippen molar-refractivity contribution in [2.24, 2.45) is 0 Å². The van der Waals surface area contributed by atoms with Gasteiger partial charge in [-0.3, -0.25) is 4.79 Å². The van der Waals surface area contributed by atoms with Gasteiger partial charge in [0.25, 0.3) is 5.91 Å². The predicted molar refractivity (Wildman–Crippen MR) is 178 cm³/mol. The molecule has 8 nitrogen and oxygen atoms in total. The minimum Gasteiger partial charge on any atom is -0.506 e. The monoisotopic (exact) mass is 598 g/mol. The number of urea groups is 1. The molecule has 0 radical (unpaired) electrons. The molecule has 8 heteroatoms. The highest BCUT2D eigenvalue weighted by Gasteiger charge is 2.27. The van der Waals surface area contributed by atoms with E-state index < -0.39 is 6.03 Å². The van der Waals surface area contributed by atoms with Crippen molar-refractivity contribution < 1.29 is 19.4 Å². The van der Waals surface area contributed by atoms with Crippen molar-refractivity contribution in [1.82, 2.24) is 0 Å². The van der Waals surface area contributed by atoms with E-state index in [9.17, 15) is 14.7 Å². The van der Waals surface area contributed by atoms with E-state index in [2.05, 4.69) is 71.2 Å². The number of rotatable bonds is 13. The van der Waals surface area contributed by atoms with Gasteiger partial charge in [-0.25, -0.2) is 4.79 Å². The number of hydrogen-bond acceptors (Lipinski definition) is 5. The van der Waals surface area contributed by atoms with Crippen LogP contribution in [0.15, 0.2) is 60.7 Å². The highest BCUT2D eigenvalue weighted by molar-refractivity contribution is 6.01. The second kappa shape index (κ2) is 14.8. The van der Waals surface area contributed by atoms with Crippen LogP contribution in [0.5, 0.6) is 11.5 Å². The molecule has 0 atom stereocenters. The molecular weight excluding hydrogens is 552 g/mol.